The second-order valence-electron chi connectivity index (χ2n) is 7.64. The van der Waals surface area contributed by atoms with E-state index in [1.54, 1.807) is 35.3 Å². The lowest BCUT2D eigenvalue weighted by molar-refractivity contribution is 0.0730. The number of nitrogens with one attached hydrogen (secondary N) is 1. The molecule has 3 aromatic heterocycles. The molecule has 1 aliphatic heterocycles. The first-order valence-corrected chi connectivity index (χ1v) is 11.9. The van der Waals surface area contributed by atoms with E-state index < -0.39 is 16.1 Å². The van der Waals surface area contributed by atoms with Crippen molar-refractivity contribution in [2.24, 2.45) is 0 Å². The van der Waals surface area contributed by atoms with Gasteiger partial charge in [-0.3, -0.25) is 4.68 Å². The predicted molar refractivity (Wildman–Crippen MR) is 119 cm³/mol. The summed E-state index contributed by atoms with van der Waals surface area (Å²) in [6, 6.07) is 10.4. The van der Waals surface area contributed by atoms with Gasteiger partial charge in [0, 0.05) is 36.4 Å². The van der Waals surface area contributed by atoms with Crippen LogP contribution in [0.4, 0.5) is 0 Å². The van der Waals surface area contributed by atoms with Crippen LogP contribution in [0.1, 0.15) is 18.0 Å². The Morgan fingerprint density at radius 3 is 2.88 bits per heavy atom. The van der Waals surface area contributed by atoms with E-state index in [0.717, 1.165) is 22.3 Å². The van der Waals surface area contributed by atoms with Crippen LogP contribution >= 0.6 is 0 Å². The predicted octanol–water partition coefficient (Wildman–Crippen LogP) is 2.35. The van der Waals surface area contributed by atoms with E-state index in [1.165, 1.54) is 10.6 Å². The highest BCUT2D eigenvalue weighted by Gasteiger charge is 2.27. The number of morpholine rings is 1. The van der Waals surface area contributed by atoms with Gasteiger partial charge in [-0.2, -0.15) is 14.7 Å². The number of hydrogen-bond acceptors (Lipinski definition) is 7. The molecule has 0 aliphatic carbocycles. The van der Waals surface area contributed by atoms with Crippen molar-refractivity contribution in [1.29, 1.82) is 5.26 Å². The number of aromatic amines is 1. The molecule has 5 rings (SSSR count). The van der Waals surface area contributed by atoms with Crippen LogP contribution in [0.3, 0.4) is 0 Å². The molecule has 0 spiro atoms. The Morgan fingerprint density at radius 1 is 1.21 bits per heavy atom. The maximum Gasteiger partial charge on any atom is 0.243 e. The van der Waals surface area contributed by atoms with E-state index in [4.69, 9.17) is 4.74 Å². The van der Waals surface area contributed by atoms with Gasteiger partial charge in [-0.05, 0) is 23.8 Å². The van der Waals surface area contributed by atoms with Crippen molar-refractivity contribution in [3.8, 4) is 17.3 Å². The summed E-state index contributed by atoms with van der Waals surface area (Å²) in [5.74, 6) is 0. The number of ether oxygens (including phenoxy) is 1. The van der Waals surface area contributed by atoms with Gasteiger partial charge >= 0.3 is 0 Å². The number of nitriles is 1. The van der Waals surface area contributed by atoms with Gasteiger partial charge in [0.2, 0.25) is 10.0 Å². The minimum Gasteiger partial charge on any atom is -0.379 e. The van der Waals surface area contributed by atoms with Crippen LogP contribution in [-0.2, 0) is 14.8 Å². The Bertz CT molecular complexity index is 1430. The SMILES string of the molecule is N#CCC(c1cccc(S(=O)(=O)N2CCOCC2)c1)n1cc(-c2ncnc3[nH]ccc23)cn1. The van der Waals surface area contributed by atoms with Gasteiger partial charge < -0.3 is 9.72 Å². The van der Waals surface area contributed by atoms with Crippen molar-refractivity contribution in [2.45, 2.75) is 17.4 Å². The molecule has 1 N–H and O–H groups in total. The molecule has 1 saturated heterocycles. The zero-order valence-corrected chi connectivity index (χ0v) is 18.4. The molecule has 1 unspecified atom stereocenters. The summed E-state index contributed by atoms with van der Waals surface area (Å²) < 4.78 is 34.6. The minimum absolute atomic E-state index is 0.130. The number of hydrogen-bond donors (Lipinski definition) is 1. The van der Waals surface area contributed by atoms with E-state index in [2.05, 4.69) is 26.1 Å². The number of fused-ring (bicyclic) bond motifs is 1. The molecular weight excluding hydrogens is 442 g/mol. The van der Waals surface area contributed by atoms with Crippen LogP contribution in [0.2, 0.25) is 0 Å². The molecule has 33 heavy (non-hydrogen) atoms. The molecule has 1 atom stereocenters. The fourth-order valence-electron chi connectivity index (χ4n) is 4.00. The summed E-state index contributed by atoms with van der Waals surface area (Å²) in [5, 5.41) is 14.8. The zero-order valence-electron chi connectivity index (χ0n) is 17.6. The zero-order chi connectivity index (χ0) is 22.8. The normalized spacial score (nSPS) is 16.0. The number of rotatable bonds is 6. The molecule has 4 aromatic rings. The Labute approximate surface area is 190 Å². The van der Waals surface area contributed by atoms with Crippen LogP contribution in [0.15, 0.2) is 60.1 Å². The van der Waals surface area contributed by atoms with Crippen molar-refractivity contribution >= 4 is 21.1 Å². The van der Waals surface area contributed by atoms with Gasteiger partial charge in [-0.25, -0.2) is 18.4 Å². The van der Waals surface area contributed by atoms with Gasteiger partial charge in [0.25, 0.3) is 0 Å². The van der Waals surface area contributed by atoms with Gasteiger partial charge in [0.1, 0.15) is 12.0 Å². The van der Waals surface area contributed by atoms with E-state index in [9.17, 15) is 13.7 Å². The Morgan fingerprint density at radius 2 is 2.06 bits per heavy atom. The Balaban J connectivity index is 1.50. The smallest absolute Gasteiger partial charge is 0.243 e. The lowest BCUT2D eigenvalue weighted by Gasteiger charge is -2.26. The number of benzene rings is 1. The van der Waals surface area contributed by atoms with Crippen molar-refractivity contribution < 1.29 is 13.2 Å². The summed E-state index contributed by atoms with van der Waals surface area (Å²) in [7, 11) is -3.65. The number of sulfonamides is 1. The highest BCUT2D eigenvalue weighted by atomic mass is 32.2. The van der Waals surface area contributed by atoms with Crippen LogP contribution in [0, 0.1) is 11.3 Å². The molecule has 0 amide bonds. The third-order valence-electron chi connectivity index (χ3n) is 5.68. The average molecular weight is 464 g/mol. The molecule has 168 valence electrons. The van der Waals surface area contributed by atoms with Crippen LogP contribution in [0.25, 0.3) is 22.3 Å². The molecule has 4 heterocycles. The summed E-state index contributed by atoms with van der Waals surface area (Å²) in [6.45, 7) is 1.40. The van der Waals surface area contributed by atoms with Crippen molar-refractivity contribution in [3.63, 3.8) is 0 Å². The fourth-order valence-corrected chi connectivity index (χ4v) is 5.47. The average Bonchev–Trinajstić information content (AvgIpc) is 3.53. The number of aromatic nitrogens is 5. The minimum atomic E-state index is -3.65. The molecule has 0 bridgehead atoms. The summed E-state index contributed by atoms with van der Waals surface area (Å²) in [5.41, 5.74) is 2.92. The molecule has 1 aromatic carbocycles. The van der Waals surface area contributed by atoms with Crippen LogP contribution in [0.5, 0.6) is 0 Å². The standard InChI is InChI=1S/C22H21N7O3S/c23-6-4-20(16-2-1-3-18(12-16)33(30,31)28-8-10-32-11-9-28)29-14-17(13-27-29)21-19-5-7-24-22(19)26-15-25-21/h1-3,5,7,12-15,20H,4,8-11H2,(H,24,25,26). The highest BCUT2D eigenvalue weighted by molar-refractivity contribution is 7.89. The van der Waals surface area contributed by atoms with Gasteiger partial charge in [-0.15, -0.1) is 0 Å². The van der Waals surface area contributed by atoms with E-state index >= 15 is 0 Å². The quantitative estimate of drug-likeness (QED) is 0.464. The molecule has 10 nitrogen and oxygen atoms in total. The van der Waals surface area contributed by atoms with Gasteiger partial charge in [0.05, 0.1) is 48.5 Å². The molecule has 1 fully saturated rings. The third-order valence-corrected chi connectivity index (χ3v) is 7.58. The highest BCUT2D eigenvalue weighted by Crippen LogP contribution is 2.29. The van der Waals surface area contributed by atoms with Gasteiger partial charge in [-0.1, -0.05) is 12.1 Å². The third kappa shape index (κ3) is 4.00. The summed E-state index contributed by atoms with van der Waals surface area (Å²) >= 11 is 0. The van der Waals surface area contributed by atoms with Gasteiger partial charge in [0.15, 0.2) is 0 Å². The largest absolute Gasteiger partial charge is 0.379 e. The molecule has 1 aliphatic rings. The van der Waals surface area contributed by atoms with Crippen molar-refractivity contribution in [2.75, 3.05) is 26.3 Å². The maximum absolute atomic E-state index is 13.1. The summed E-state index contributed by atoms with van der Waals surface area (Å²) in [4.78, 5) is 11.9. The first-order valence-electron chi connectivity index (χ1n) is 10.5. The lowest BCUT2D eigenvalue weighted by atomic mass is 10.0. The Kier molecular flexibility index (Phi) is 5.63. The monoisotopic (exact) mass is 463 g/mol. The number of nitrogens with zero attached hydrogens (tertiary/aromatic N) is 6. The lowest BCUT2D eigenvalue weighted by Crippen LogP contribution is -2.40. The second-order valence-corrected chi connectivity index (χ2v) is 9.58. The van der Waals surface area contributed by atoms with Crippen molar-refractivity contribution in [3.05, 3.63) is 60.8 Å². The second kappa shape index (κ2) is 8.74. The topological polar surface area (TPSA) is 130 Å². The first-order chi connectivity index (χ1) is 16.1. The van der Waals surface area contributed by atoms with E-state index in [-0.39, 0.29) is 11.3 Å². The van der Waals surface area contributed by atoms with E-state index in [1.807, 2.05) is 18.3 Å². The van der Waals surface area contributed by atoms with Crippen LogP contribution in [-0.4, -0.2) is 63.8 Å². The van der Waals surface area contributed by atoms with E-state index in [0.29, 0.717) is 31.9 Å². The molecule has 0 radical (unpaired) electrons. The van der Waals surface area contributed by atoms with Crippen LogP contribution < -0.4 is 0 Å². The Hall–Kier alpha value is -3.59. The summed E-state index contributed by atoms with van der Waals surface area (Å²) in [6.07, 6.45) is 6.92. The molecular formula is C22H21N7O3S. The van der Waals surface area contributed by atoms with Crippen molar-refractivity contribution in [1.82, 2.24) is 29.0 Å². The first kappa shape index (κ1) is 21.3. The fraction of sp³-hybridized carbons (Fsp3) is 0.273. The molecule has 11 heteroatoms. The number of H-pyrrole nitrogens is 1. The molecule has 0 saturated carbocycles. The maximum atomic E-state index is 13.1.